The summed E-state index contributed by atoms with van der Waals surface area (Å²) in [7, 11) is 0. The van der Waals surface area contributed by atoms with E-state index in [1.807, 2.05) is 25.1 Å². The minimum absolute atomic E-state index is 0.0486. The minimum Gasteiger partial charge on any atom is -0.390 e. The normalized spacial score (nSPS) is 24.9. The second-order valence-corrected chi connectivity index (χ2v) is 8.23. The van der Waals surface area contributed by atoms with Gasteiger partial charge in [-0.15, -0.1) is 0 Å². The van der Waals surface area contributed by atoms with Gasteiger partial charge in [-0.25, -0.2) is 0 Å². The van der Waals surface area contributed by atoms with Gasteiger partial charge in [-0.1, -0.05) is 36.6 Å². The Labute approximate surface area is 166 Å². The molecule has 6 heteroatoms. The maximum atomic E-state index is 12.9. The Bertz CT molecular complexity index is 688. The van der Waals surface area contributed by atoms with Crippen LogP contribution >= 0.6 is 11.6 Å². The lowest BCUT2D eigenvalue weighted by Crippen LogP contribution is -2.48. The van der Waals surface area contributed by atoms with Gasteiger partial charge in [0.2, 0.25) is 11.8 Å². The maximum Gasteiger partial charge on any atom is 0.225 e. The van der Waals surface area contributed by atoms with Crippen LogP contribution in [0.3, 0.4) is 0 Å². The number of hydrogen-bond donors (Lipinski definition) is 2. The van der Waals surface area contributed by atoms with Gasteiger partial charge >= 0.3 is 0 Å². The van der Waals surface area contributed by atoms with Crippen LogP contribution in [0.1, 0.15) is 63.5 Å². The van der Waals surface area contributed by atoms with E-state index in [1.165, 1.54) is 0 Å². The number of hydrogen-bond acceptors (Lipinski definition) is 3. The van der Waals surface area contributed by atoms with Crippen LogP contribution < -0.4 is 5.32 Å². The largest absolute Gasteiger partial charge is 0.390 e. The lowest BCUT2D eigenvalue weighted by molar-refractivity contribution is -0.143. The van der Waals surface area contributed by atoms with Gasteiger partial charge in [0, 0.05) is 24.5 Å². The van der Waals surface area contributed by atoms with E-state index in [1.54, 1.807) is 11.0 Å². The molecule has 1 heterocycles. The van der Waals surface area contributed by atoms with Crippen LogP contribution in [0.2, 0.25) is 5.02 Å². The number of likely N-dealkylation sites (tertiary alicyclic amines) is 1. The van der Waals surface area contributed by atoms with Gasteiger partial charge in [-0.2, -0.15) is 0 Å². The predicted molar refractivity (Wildman–Crippen MR) is 105 cm³/mol. The SMILES string of the molecule is CCN1C(=O)CC[C@@H](C(=O)NCCC2(O)CCCC2)[C@@H]1c1cccc(Cl)c1. The number of carbonyl (C=O) groups excluding carboxylic acids is 2. The molecule has 2 fully saturated rings. The van der Waals surface area contributed by atoms with E-state index in [0.717, 1.165) is 31.2 Å². The number of nitrogens with zero attached hydrogens (tertiary/aromatic N) is 1. The molecule has 1 aliphatic heterocycles. The molecule has 148 valence electrons. The van der Waals surface area contributed by atoms with Crippen LogP contribution in [-0.4, -0.2) is 40.5 Å². The van der Waals surface area contributed by atoms with E-state index in [2.05, 4.69) is 5.32 Å². The second kappa shape index (κ2) is 8.61. The Kier molecular flexibility index (Phi) is 6.43. The van der Waals surface area contributed by atoms with E-state index in [0.29, 0.717) is 37.4 Å². The summed E-state index contributed by atoms with van der Waals surface area (Å²) in [4.78, 5) is 27.2. The highest BCUT2D eigenvalue weighted by atomic mass is 35.5. The molecule has 1 saturated heterocycles. The van der Waals surface area contributed by atoms with E-state index in [4.69, 9.17) is 11.6 Å². The van der Waals surface area contributed by atoms with Crippen molar-refractivity contribution in [1.29, 1.82) is 0 Å². The van der Waals surface area contributed by atoms with Gasteiger partial charge < -0.3 is 15.3 Å². The molecule has 2 N–H and O–H groups in total. The molecule has 27 heavy (non-hydrogen) atoms. The Morgan fingerprint density at radius 1 is 1.37 bits per heavy atom. The summed E-state index contributed by atoms with van der Waals surface area (Å²) < 4.78 is 0. The van der Waals surface area contributed by atoms with Gasteiger partial charge in [0.05, 0.1) is 17.6 Å². The number of piperidine rings is 1. The van der Waals surface area contributed by atoms with Crippen LogP contribution in [0, 0.1) is 5.92 Å². The molecule has 0 spiro atoms. The lowest BCUT2D eigenvalue weighted by atomic mass is 9.83. The third-order valence-electron chi connectivity index (χ3n) is 6.00. The average molecular weight is 393 g/mol. The second-order valence-electron chi connectivity index (χ2n) is 7.80. The van der Waals surface area contributed by atoms with E-state index >= 15 is 0 Å². The lowest BCUT2D eigenvalue weighted by Gasteiger charge is -2.40. The van der Waals surface area contributed by atoms with E-state index < -0.39 is 5.60 Å². The standard InChI is InChI=1S/C21H29ClN2O3/c1-2-24-18(25)9-8-17(19(24)15-6-5-7-16(22)14-15)20(26)23-13-12-21(27)10-3-4-11-21/h5-7,14,17,19,27H,2-4,8-13H2,1H3,(H,23,26)/t17-,19+/m1/s1. The zero-order valence-corrected chi connectivity index (χ0v) is 16.7. The molecule has 0 unspecified atom stereocenters. The maximum absolute atomic E-state index is 12.9. The first-order valence-corrected chi connectivity index (χ1v) is 10.4. The fraction of sp³-hybridized carbons (Fsp3) is 0.619. The van der Waals surface area contributed by atoms with Crippen molar-refractivity contribution in [3.63, 3.8) is 0 Å². The van der Waals surface area contributed by atoms with Crippen molar-refractivity contribution in [2.75, 3.05) is 13.1 Å². The number of aliphatic hydroxyl groups is 1. The molecule has 1 aliphatic carbocycles. The quantitative estimate of drug-likeness (QED) is 0.778. The third-order valence-corrected chi connectivity index (χ3v) is 6.23. The first-order chi connectivity index (χ1) is 12.9. The van der Waals surface area contributed by atoms with E-state index in [9.17, 15) is 14.7 Å². The summed E-state index contributed by atoms with van der Waals surface area (Å²) >= 11 is 6.16. The van der Waals surface area contributed by atoms with Crippen LogP contribution in [0.4, 0.5) is 0 Å². The highest BCUT2D eigenvalue weighted by Crippen LogP contribution is 2.38. The van der Waals surface area contributed by atoms with Crippen LogP contribution in [0.5, 0.6) is 0 Å². The summed E-state index contributed by atoms with van der Waals surface area (Å²) in [6, 6.07) is 7.12. The summed E-state index contributed by atoms with van der Waals surface area (Å²) in [5, 5.41) is 14.1. The van der Waals surface area contributed by atoms with Gasteiger partial charge in [-0.3, -0.25) is 9.59 Å². The van der Waals surface area contributed by atoms with Crippen molar-refractivity contribution >= 4 is 23.4 Å². The highest BCUT2D eigenvalue weighted by Gasteiger charge is 2.40. The number of benzene rings is 1. The summed E-state index contributed by atoms with van der Waals surface area (Å²) in [5.74, 6) is -0.279. The smallest absolute Gasteiger partial charge is 0.225 e. The Balaban J connectivity index is 1.72. The highest BCUT2D eigenvalue weighted by molar-refractivity contribution is 6.30. The van der Waals surface area contributed by atoms with Gasteiger partial charge in [0.25, 0.3) is 0 Å². The van der Waals surface area contributed by atoms with Crippen molar-refractivity contribution in [2.24, 2.45) is 5.92 Å². The molecule has 1 saturated carbocycles. The molecule has 2 atom stereocenters. The molecule has 1 aromatic carbocycles. The zero-order valence-electron chi connectivity index (χ0n) is 15.9. The molecule has 5 nitrogen and oxygen atoms in total. The monoisotopic (exact) mass is 392 g/mol. The molecule has 1 aromatic rings. The van der Waals surface area contributed by atoms with Crippen LogP contribution in [0.25, 0.3) is 0 Å². The van der Waals surface area contributed by atoms with Crippen molar-refractivity contribution in [3.05, 3.63) is 34.9 Å². The first kappa shape index (κ1) is 20.2. The van der Waals surface area contributed by atoms with Gasteiger partial charge in [-0.05, 0) is 50.3 Å². The number of halogens is 1. The molecule has 0 radical (unpaired) electrons. The summed E-state index contributed by atoms with van der Waals surface area (Å²) in [6.07, 6.45) is 5.24. The number of amides is 2. The first-order valence-electron chi connectivity index (χ1n) is 9.98. The molecule has 3 rings (SSSR count). The average Bonchev–Trinajstić information content (AvgIpc) is 3.07. The fourth-order valence-electron chi connectivity index (χ4n) is 4.54. The van der Waals surface area contributed by atoms with Gasteiger partial charge in [0.1, 0.15) is 0 Å². The van der Waals surface area contributed by atoms with Crippen LogP contribution in [-0.2, 0) is 9.59 Å². The summed E-state index contributed by atoms with van der Waals surface area (Å²) in [5.41, 5.74) is 0.268. The topological polar surface area (TPSA) is 69.6 Å². The van der Waals surface area contributed by atoms with Gasteiger partial charge in [0.15, 0.2) is 0 Å². The Hall–Kier alpha value is -1.59. The van der Waals surface area contributed by atoms with Crippen molar-refractivity contribution < 1.29 is 14.7 Å². The van der Waals surface area contributed by atoms with E-state index in [-0.39, 0.29) is 23.8 Å². The van der Waals surface area contributed by atoms with Crippen LogP contribution in [0.15, 0.2) is 24.3 Å². The number of nitrogens with one attached hydrogen (secondary N) is 1. The molecular weight excluding hydrogens is 364 g/mol. The fourth-order valence-corrected chi connectivity index (χ4v) is 4.73. The molecule has 0 bridgehead atoms. The molecule has 0 aromatic heterocycles. The minimum atomic E-state index is -0.627. The third kappa shape index (κ3) is 4.64. The Morgan fingerprint density at radius 3 is 2.78 bits per heavy atom. The zero-order chi connectivity index (χ0) is 19.4. The number of rotatable bonds is 6. The molecule has 2 amide bonds. The van der Waals surface area contributed by atoms with Crippen molar-refractivity contribution in [2.45, 2.75) is 63.5 Å². The Morgan fingerprint density at radius 2 is 2.11 bits per heavy atom. The van der Waals surface area contributed by atoms with Crippen molar-refractivity contribution in [3.8, 4) is 0 Å². The molecular formula is C21H29ClN2O3. The molecule has 2 aliphatic rings. The predicted octanol–water partition coefficient (Wildman–Crippen LogP) is 3.45. The van der Waals surface area contributed by atoms with Crippen molar-refractivity contribution in [1.82, 2.24) is 10.2 Å². The number of carbonyl (C=O) groups is 2. The summed E-state index contributed by atoms with van der Waals surface area (Å²) in [6.45, 7) is 2.96.